The van der Waals surface area contributed by atoms with Crippen LogP contribution in [0.4, 0.5) is 0 Å². The lowest BCUT2D eigenvalue weighted by atomic mass is 9.97. The van der Waals surface area contributed by atoms with E-state index in [1.165, 1.54) is 4.90 Å². The van der Waals surface area contributed by atoms with Gasteiger partial charge in [-0.05, 0) is 49.6 Å². The zero-order valence-electron chi connectivity index (χ0n) is 18.1. The maximum atomic E-state index is 13.6. The summed E-state index contributed by atoms with van der Waals surface area (Å²) in [7, 11) is 0. The van der Waals surface area contributed by atoms with Crippen LogP contribution in [0.2, 0.25) is 0 Å². The van der Waals surface area contributed by atoms with E-state index in [9.17, 15) is 9.59 Å². The van der Waals surface area contributed by atoms with E-state index < -0.39 is 0 Å². The zero-order valence-corrected chi connectivity index (χ0v) is 18.1. The van der Waals surface area contributed by atoms with Gasteiger partial charge in [0.15, 0.2) is 0 Å². The second-order valence-corrected chi connectivity index (χ2v) is 7.82. The van der Waals surface area contributed by atoms with Crippen molar-refractivity contribution in [1.82, 2.24) is 9.80 Å². The van der Waals surface area contributed by atoms with Crippen molar-refractivity contribution < 1.29 is 14.0 Å². The average Bonchev–Trinajstić information content (AvgIpc) is 3.36. The van der Waals surface area contributed by atoms with Crippen LogP contribution < -0.4 is 0 Å². The fourth-order valence-electron chi connectivity index (χ4n) is 4.05. The van der Waals surface area contributed by atoms with Gasteiger partial charge in [0.2, 0.25) is 0 Å². The molecular formula is C26H26N2O3. The molecule has 0 aliphatic carbocycles. The molecule has 5 heteroatoms. The van der Waals surface area contributed by atoms with Gasteiger partial charge in [-0.25, -0.2) is 0 Å². The molecule has 158 valence electrons. The highest BCUT2D eigenvalue weighted by Crippen LogP contribution is 2.35. The molecule has 1 aliphatic rings. The molecule has 0 radical (unpaired) electrons. The second-order valence-electron chi connectivity index (χ2n) is 7.82. The highest BCUT2D eigenvalue weighted by Gasteiger charge is 2.42. The van der Waals surface area contributed by atoms with Gasteiger partial charge in [0.1, 0.15) is 11.5 Å². The van der Waals surface area contributed by atoms with Crippen molar-refractivity contribution in [3.8, 4) is 0 Å². The zero-order chi connectivity index (χ0) is 22.0. The third-order valence-corrected chi connectivity index (χ3v) is 5.60. The number of carbonyl (C=O) groups is 2. The van der Waals surface area contributed by atoms with Crippen LogP contribution in [0.1, 0.15) is 34.9 Å². The number of rotatable bonds is 7. The fraction of sp³-hybridized carbons (Fsp3) is 0.231. The number of hydrogen-bond acceptors (Lipinski definition) is 4. The van der Waals surface area contributed by atoms with Crippen LogP contribution in [-0.2, 0) is 22.7 Å². The number of carbonyl (C=O) groups excluding carboxylic acids is 2. The number of furan rings is 1. The molecule has 2 aromatic carbocycles. The van der Waals surface area contributed by atoms with Crippen LogP contribution in [0, 0.1) is 13.8 Å². The van der Waals surface area contributed by atoms with E-state index in [0.29, 0.717) is 30.1 Å². The first kappa shape index (κ1) is 20.7. The van der Waals surface area contributed by atoms with Crippen LogP contribution >= 0.6 is 0 Å². The molecule has 0 unspecified atom stereocenters. The number of benzene rings is 2. The highest BCUT2D eigenvalue weighted by molar-refractivity contribution is 6.35. The van der Waals surface area contributed by atoms with Gasteiger partial charge in [-0.1, -0.05) is 54.1 Å². The van der Waals surface area contributed by atoms with Crippen molar-refractivity contribution in [2.45, 2.75) is 33.9 Å². The number of hydrogen-bond donors (Lipinski definition) is 0. The van der Waals surface area contributed by atoms with E-state index in [-0.39, 0.29) is 18.4 Å². The Hall–Kier alpha value is -3.60. The van der Waals surface area contributed by atoms with E-state index in [0.717, 1.165) is 22.3 Å². The Labute approximate surface area is 182 Å². The van der Waals surface area contributed by atoms with Crippen LogP contribution in [0.15, 0.2) is 77.0 Å². The second kappa shape index (κ2) is 8.64. The summed E-state index contributed by atoms with van der Waals surface area (Å²) in [6.45, 7) is 7.27. The molecule has 0 bridgehead atoms. The van der Waals surface area contributed by atoms with E-state index in [4.69, 9.17) is 4.42 Å². The average molecular weight is 415 g/mol. The number of likely N-dealkylation sites (N-methyl/N-ethyl adjacent to an activating group) is 1. The van der Waals surface area contributed by atoms with Gasteiger partial charge in [0.25, 0.3) is 11.8 Å². The molecule has 31 heavy (non-hydrogen) atoms. The SMILES string of the molecule is CCN(Cc1ccccc1)C1=C(c2ccc(C)cc2C)C(=O)N(Cc2ccco2)C1=O. The molecular weight excluding hydrogens is 388 g/mol. The third kappa shape index (κ3) is 4.04. The molecule has 3 aromatic rings. The minimum atomic E-state index is -0.283. The van der Waals surface area contributed by atoms with E-state index >= 15 is 0 Å². The number of nitrogens with zero attached hydrogens (tertiary/aromatic N) is 2. The summed E-state index contributed by atoms with van der Waals surface area (Å²) in [4.78, 5) is 30.4. The van der Waals surface area contributed by atoms with Crippen molar-refractivity contribution in [3.05, 3.63) is 101 Å². The Morgan fingerprint density at radius 3 is 2.35 bits per heavy atom. The number of amides is 2. The normalized spacial score (nSPS) is 14.0. The highest BCUT2D eigenvalue weighted by atomic mass is 16.3. The fourth-order valence-corrected chi connectivity index (χ4v) is 4.05. The monoisotopic (exact) mass is 414 g/mol. The first-order valence-corrected chi connectivity index (χ1v) is 10.5. The molecule has 2 amide bonds. The summed E-state index contributed by atoms with van der Waals surface area (Å²) < 4.78 is 5.41. The summed E-state index contributed by atoms with van der Waals surface area (Å²) in [5.74, 6) is 0.0121. The van der Waals surface area contributed by atoms with Crippen molar-refractivity contribution in [2.24, 2.45) is 0 Å². The Bertz CT molecular complexity index is 1130. The smallest absolute Gasteiger partial charge is 0.278 e. The number of imide groups is 1. The number of aryl methyl sites for hydroxylation is 2. The Balaban J connectivity index is 1.80. The molecule has 2 heterocycles. The molecule has 4 rings (SSSR count). The van der Waals surface area contributed by atoms with Gasteiger partial charge < -0.3 is 9.32 Å². The largest absolute Gasteiger partial charge is 0.467 e. The minimum absolute atomic E-state index is 0.117. The maximum absolute atomic E-state index is 13.6. The first-order valence-electron chi connectivity index (χ1n) is 10.5. The van der Waals surface area contributed by atoms with Gasteiger partial charge in [0.05, 0.1) is 18.4 Å². The van der Waals surface area contributed by atoms with Gasteiger partial charge in [0, 0.05) is 13.1 Å². The van der Waals surface area contributed by atoms with Gasteiger partial charge in [-0.2, -0.15) is 0 Å². The molecule has 0 spiro atoms. The summed E-state index contributed by atoms with van der Waals surface area (Å²) in [5.41, 5.74) is 4.89. The molecule has 0 N–H and O–H groups in total. The lowest BCUT2D eigenvalue weighted by molar-refractivity contribution is -0.138. The molecule has 5 nitrogen and oxygen atoms in total. The Morgan fingerprint density at radius 1 is 0.935 bits per heavy atom. The molecule has 0 fully saturated rings. The van der Waals surface area contributed by atoms with E-state index in [1.54, 1.807) is 18.4 Å². The van der Waals surface area contributed by atoms with Crippen LogP contribution in [0.3, 0.4) is 0 Å². The lowest BCUT2D eigenvalue weighted by Gasteiger charge is -2.25. The van der Waals surface area contributed by atoms with Crippen molar-refractivity contribution in [3.63, 3.8) is 0 Å². The van der Waals surface area contributed by atoms with E-state index in [1.807, 2.05) is 74.2 Å². The molecule has 1 aliphatic heterocycles. The lowest BCUT2D eigenvalue weighted by Crippen LogP contribution is -2.34. The standard InChI is InChI=1S/C26H26N2O3/c1-4-27(16-20-9-6-5-7-10-20)24-23(22-13-12-18(2)15-19(22)3)25(29)28(26(24)30)17-21-11-8-14-31-21/h5-15H,4,16-17H2,1-3H3. The van der Waals surface area contributed by atoms with Gasteiger partial charge in [-0.3, -0.25) is 14.5 Å². The first-order chi connectivity index (χ1) is 15.0. The van der Waals surface area contributed by atoms with Crippen molar-refractivity contribution >= 4 is 17.4 Å². The molecule has 1 aromatic heterocycles. The maximum Gasteiger partial charge on any atom is 0.278 e. The Kier molecular flexibility index (Phi) is 5.76. The quantitative estimate of drug-likeness (QED) is 0.526. The van der Waals surface area contributed by atoms with Gasteiger partial charge in [-0.15, -0.1) is 0 Å². The van der Waals surface area contributed by atoms with Crippen LogP contribution in [-0.4, -0.2) is 28.2 Å². The van der Waals surface area contributed by atoms with Crippen molar-refractivity contribution in [2.75, 3.05) is 6.54 Å². The molecule has 0 saturated heterocycles. The van der Waals surface area contributed by atoms with Crippen LogP contribution in [0.25, 0.3) is 5.57 Å². The summed E-state index contributed by atoms with van der Waals surface area (Å²) in [6, 6.07) is 19.5. The minimum Gasteiger partial charge on any atom is -0.467 e. The third-order valence-electron chi connectivity index (χ3n) is 5.60. The summed E-state index contributed by atoms with van der Waals surface area (Å²) in [6.07, 6.45) is 1.55. The Morgan fingerprint density at radius 2 is 1.71 bits per heavy atom. The summed E-state index contributed by atoms with van der Waals surface area (Å²) >= 11 is 0. The molecule has 0 atom stereocenters. The van der Waals surface area contributed by atoms with Crippen LogP contribution in [0.5, 0.6) is 0 Å². The predicted molar refractivity (Wildman–Crippen MR) is 120 cm³/mol. The molecule has 0 saturated carbocycles. The predicted octanol–water partition coefficient (Wildman–Crippen LogP) is 4.70. The summed E-state index contributed by atoms with van der Waals surface area (Å²) in [5, 5.41) is 0. The topological polar surface area (TPSA) is 53.8 Å². The van der Waals surface area contributed by atoms with E-state index in [2.05, 4.69) is 0 Å². The van der Waals surface area contributed by atoms with Crippen molar-refractivity contribution in [1.29, 1.82) is 0 Å². The van der Waals surface area contributed by atoms with Gasteiger partial charge >= 0.3 is 0 Å².